The fourth-order valence-electron chi connectivity index (χ4n) is 1.38. The number of anilines is 1. The molecule has 0 heterocycles. The number of aliphatic hydroxyl groups excluding tert-OH is 1. The van der Waals surface area contributed by atoms with E-state index in [2.05, 4.69) is 0 Å². The van der Waals surface area contributed by atoms with Gasteiger partial charge in [-0.05, 0) is 31.5 Å². The van der Waals surface area contributed by atoms with Crippen LogP contribution in [-0.4, -0.2) is 24.3 Å². The van der Waals surface area contributed by atoms with Crippen LogP contribution >= 0.6 is 11.6 Å². The number of nitrogens with two attached hydrogens (primary N) is 1. The molecule has 1 rings (SSSR count). The lowest BCUT2D eigenvalue weighted by Gasteiger charge is -2.36. The van der Waals surface area contributed by atoms with Crippen LogP contribution in [0.15, 0.2) is 18.2 Å². The summed E-state index contributed by atoms with van der Waals surface area (Å²) in [4.78, 5) is 1.97. The summed E-state index contributed by atoms with van der Waals surface area (Å²) < 4.78 is 0. The Hall–Kier alpha value is -0.770. The van der Waals surface area contributed by atoms with E-state index in [1.165, 1.54) is 0 Å². The van der Waals surface area contributed by atoms with Crippen LogP contribution in [-0.2, 0) is 6.54 Å². The quantitative estimate of drug-likeness (QED) is 0.849. The van der Waals surface area contributed by atoms with Gasteiger partial charge in [0, 0.05) is 13.6 Å². The predicted molar refractivity (Wildman–Crippen MR) is 68.9 cm³/mol. The molecule has 0 aliphatic rings. The van der Waals surface area contributed by atoms with Crippen molar-refractivity contribution in [1.82, 2.24) is 0 Å². The second-order valence-corrected chi connectivity index (χ2v) is 4.93. The van der Waals surface area contributed by atoms with Gasteiger partial charge in [-0.2, -0.15) is 0 Å². The molecule has 0 aliphatic heterocycles. The Kier molecular flexibility index (Phi) is 4.19. The SMILES string of the molecule is CN(c1ccc(CN)cc1Cl)C(C)(C)CO. The van der Waals surface area contributed by atoms with E-state index in [-0.39, 0.29) is 12.1 Å². The number of benzene rings is 1. The number of rotatable bonds is 4. The standard InChI is InChI=1S/C12H19ClN2O/c1-12(2,8-16)15(3)11-5-4-9(7-14)6-10(11)13/h4-6,16H,7-8,14H2,1-3H3. The van der Waals surface area contributed by atoms with E-state index in [1.807, 2.05) is 44.0 Å². The second kappa shape index (κ2) is 5.04. The third-order valence-electron chi connectivity index (χ3n) is 2.90. The zero-order chi connectivity index (χ0) is 12.3. The Morgan fingerprint density at radius 3 is 2.50 bits per heavy atom. The first-order chi connectivity index (χ1) is 7.42. The molecule has 0 aliphatic carbocycles. The van der Waals surface area contributed by atoms with Gasteiger partial charge in [-0.15, -0.1) is 0 Å². The highest BCUT2D eigenvalue weighted by Crippen LogP contribution is 2.30. The monoisotopic (exact) mass is 242 g/mol. The van der Waals surface area contributed by atoms with Gasteiger partial charge in [0.1, 0.15) is 0 Å². The maximum Gasteiger partial charge on any atom is 0.0658 e. The molecule has 90 valence electrons. The van der Waals surface area contributed by atoms with Crippen LogP contribution in [0, 0.1) is 0 Å². The minimum absolute atomic E-state index is 0.0679. The molecule has 0 atom stereocenters. The van der Waals surface area contributed by atoms with Crippen molar-refractivity contribution in [3.8, 4) is 0 Å². The molecule has 0 unspecified atom stereocenters. The molecule has 3 N–H and O–H groups in total. The normalized spacial score (nSPS) is 11.6. The van der Waals surface area contributed by atoms with Gasteiger partial charge in [0.15, 0.2) is 0 Å². The van der Waals surface area contributed by atoms with E-state index < -0.39 is 0 Å². The average molecular weight is 243 g/mol. The highest BCUT2D eigenvalue weighted by Gasteiger charge is 2.24. The summed E-state index contributed by atoms with van der Waals surface area (Å²) in [6.07, 6.45) is 0. The number of likely N-dealkylation sites (N-methyl/N-ethyl adjacent to an activating group) is 1. The van der Waals surface area contributed by atoms with Crippen molar-refractivity contribution in [2.45, 2.75) is 25.9 Å². The highest BCUT2D eigenvalue weighted by molar-refractivity contribution is 6.33. The number of hydrogen-bond acceptors (Lipinski definition) is 3. The van der Waals surface area contributed by atoms with E-state index >= 15 is 0 Å². The molecule has 0 saturated carbocycles. The molecule has 0 saturated heterocycles. The first-order valence-corrected chi connectivity index (χ1v) is 5.63. The molecule has 0 radical (unpaired) electrons. The van der Waals surface area contributed by atoms with Crippen molar-refractivity contribution in [2.75, 3.05) is 18.6 Å². The minimum Gasteiger partial charge on any atom is -0.394 e. The lowest BCUT2D eigenvalue weighted by atomic mass is 10.0. The highest BCUT2D eigenvalue weighted by atomic mass is 35.5. The Labute approximate surface area is 102 Å². The van der Waals surface area contributed by atoms with Gasteiger partial charge < -0.3 is 15.7 Å². The largest absolute Gasteiger partial charge is 0.394 e. The van der Waals surface area contributed by atoms with E-state index in [0.717, 1.165) is 11.3 Å². The van der Waals surface area contributed by atoms with Crippen LogP contribution < -0.4 is 10.6 Å². The molecule has 3 nitrogen and oxygen atoms in total. The molecule has 0 fully saturated rings. The number of aliphatic hydroxyl groups is 1. The van der Waals surface area contributed by atoms with Gasteiger partial charge in [0.2, 0.25) is 0 Å². The molecule has 16 heavy (non-hydrogen) atoms. The van der Waals surface area contributed by atoms with Crippen LogP contribution in [0.4, 0.5) is 5.69 Å². The Balaban J connectivity index is 3.05. The lowest BCUT2D eigenvalue weighted by Crippen LogP contribution is -2.44. The van der Waals surface area contributed by atoms with Crippen LogP contribution in [0.2, 0.25) is 5.02 Å². The van der Waals surface area contributed by atoms with Crippen molar-refractivity contribution in [3.05, 3.63) is 28.8 Å². The first-order valence-electron chi connectivity index (χ1n) is 5.25. The van der Waals surface area contributed by atoms with Crippen molar-refractivity contribution in [3.63, 3.8) is 0 Å². The number of hydrogen-bond donors (Lipinski definition) is 2. The molecule has 0 bridgehead atoms. The smallest absolute Gasteiger partial charge is 0.0658 e. The molecule has 0 amide bonds. The maximum atomic E-state index is 9.31. The summed E-state index contributed by atoms with van der Waals surface area (Å²) >= 11 is 6.19. The maximum absolute atomic E-state index is 9.31. The molecular formula is C12H19ClN2O. The third kappa shape index (κ3) is 2.67. The predicted octanol–water partition coefficient (Wildman–Crippen LogP) is 2.01. The lowest BCUT2D eigenvalue weighted by molar-refractivity contribution is 0.216. The fraction of sp³-hybridized carbons (Fsp3) is 0.500. The van der Waals surface area contributed by atoms with Crippen LogP contribution in [0.1, 0.15) is 19.4 Å². The molecule has 0 aromatic heterocycles. The average Bonchev–Trinajstić information content (AvgIpc) is 2.28. The molecule has 1 aromatic rings. The summed E-state index contributed by atoms with van der Waals surface area (Å²) in [5, 5.41) is 9.97. The zero-order valence-corrected chi connectivity index (χ0v) is 10.8. The van der Waals surface area contributed by atoms with Gasteiger partial charge in [0.25, 0.3) is 0 Å². The second-order valence-electron chi connectivity index (χ2n) is 4.52. The van der Waals surface area contributed by atoms with Crippen molar-refractivity contribution >= 4 is 17.3 Å². The summed E-state index contributed by atoms with van der Waals surface area (Å²) in [5.41, 5.74) is 7.11. The Bertz CT molecular complexity index is 366. The molecule has 0 spiro atoms. The topological polar surface area (TPSA) is 49.5 Å². The van der Waals surface area contributed by atoms with Crippen molar-refractivity contribution in [1.29, 1.82) is 0 Å². The van der Waals surface area contributed by atoms with Gasteiger partial charge in [0.05, 0.1) is 22.9 Å². The fourth-order valence-corrected chi connectivity index (χ4v) is 1.71. The summed E-state index contributed by atoms with van der Waals surface area (Å²) in [6, 6.07) is 5.74. The van der Waals surface area contributed by atoms with Crippen LogP contribution in [0.25, 0.3) is 0 Å². The summed E-state index contributed by atoms with van der Waals surface area (Å²) in [6.45, 7) is 4.46. The van der Waals surface area contributed by atoms with Gasteiger partial charge >= 0.3 is 0 Å². The van der Waals surface area contributed by atoms with Gasteiger partial charge in [-0.3, -0.25) is 0 Å². The zero-order valence-electron chi connectivity index (χ0n) is 10.00. The molecule has 1 aromatic carbocycles. The minimum atomic E-state index is -0.339. The number of nitrogens with zero attached hydrogens (tertiary/aromatic N) is 1. The summed E-state index contributed by atoms with van der Waals surface area (Å²) in [7, 11) is 1.92. The number of halogens is 1. The molecular weight excluding hydrogens is 224 g/mol. The van der Waals surface area contributed by atoms with Crippen LogP contribution in [0.5, 0.6) is 0 Å². The van der Waals surface area contributed by atoms with E-state index in [9.17, 15) is 5.11 Å². The first kappa shape index (κ1) is 13.3. The van der Waals surface area contributed by atoms with Crippen molar-refractivity contribution < 1.29 is 5.11 Å². The summed E-state index contributed by atoms with van der Waals surface area (Å²) in [5.74, 6) is 0. The van der Waals surface area contributed by atoms with E-state index in [0.29, 0.717) is 11.6 Å². The van der Waals surface area contributed by atoms with E-state index in [1.54, 1.807) is 0 Å². The Morgan fingerprint density at radius 1 is 1.44 bits per heavy atom. The third-order valence-corrected chi connectivity index (χ3v) is 3.21. The van der Waals surface area contributed by atoms with E-state index in [4.69, 9.17) is 17.3 Å². The van der Waals surface area contributed by atoms with Crippen molar-refractivity contribution in [2.24, 2.45) is 5.73 Å². The Morgan fingerprint density at radius 2 is 2.06 bits per heavy atom. The molecule has 4 heteroatoms. The van der Waals surface area contributed by atoms with Crippen LogP contribution in [0.3, 0.4) is 0 Å². The van der Waals surface area contributed by atoms with Gasteiger partial charge in [-0.25, -0.2) is 0 Å². The van der Waals surface area contributed by atoms with Gasteiger partial charge in [-0.1, -0.05) is 17.7 Å².